The van der Waals surface area contributed by atoms with Crippen LogP contribution in [0.4, 0.5) is 0 Å². The van der Waals surface area contributed by atoms with Crippen LogP contribution in [0.1, 0.15) is 6.42 Å². The van der Waals surface area contributed by atoms with Crippen molar-refractivity contribution in [1.29, 1.82) is 0 Å². The molecule has 1 aliphatic rings. The third kappa shape index (κ3) is 1.54. The molecule has 0 fully saturated rings. The molecule has 54 valence electrons. The van der Waals surface area contributed by atoms with Gasteiger partial charge in [-0.2, -0.15) is 8.42 Å². The van der Waals surface area contributed by atoms with E-state index in [1.807, 2.05) is 0 Å². The maximum Gasteiger partial charge on any atom is 0.312 e. The molecule has 0 spiro atoms. The monoisotopic (exact) mass is 160 g/mol. The first-order chi connectivity index (χ1) is 4.61. The van der Waals surface area contributed by atoms with Crippen molar-refractivity contribution in [3.05, 3.63) is 11.0 Å². The highest BCUT2D eigenvalue weighted by molar-refractivity contribution is 7.90. The SMILES string of the molecule is O=S(=O)(O)C1=CCC=[N+]=C1. The Hall–Kier alpha value is -0.900. The molecule has 4 nitrogen and oxygen atoms in total. The van der Waals surface area contributed by atoms with Gasteiger partial charge in [0.05, 0.1) is 6.42 Å². The van der Waals surface area contributed by atoms with Crippen molar-refractivity contribution in [2.24, 2.45) is 0 Å². The highest BCUT2D eigenvalue weighted by atomic mass is 32.2. The Kier molecular flexibility index (Phi) is 1.72. The number of rotatable bonds is 1. The minimum absolute atomic E-state index is 0.130. The smallest absolute Gasteiger partial charge is 0.282 e. The fourth-order valence-corrected chi connectivity index (χ4v) is 1.08. The number of allylic oxidation sites excluding steroid dienone is 2. The van der Waals surface area contributed by atoms with Crippen LogP contribution in [-0.4, -0.2) is 25.4 Å². The van der Waals surface area contributed by atoms with E-state index in [0.717, 1.165) is 6.21 Å². The van der Waals surface area contributed by atoms with E-state index in [2.05, 4.69) is 4.67 Å². The molecule has 0 amide bonds. The summed E-state index contributed by atoms with van der Waals surface area (Å²) in [5.74, 6) is 0. The van der Waals surface area contributed by atoms with E-state index < -0.39 is 10.1 Å². The van der Waals surface area contributed by atoms with E-state index >= 15 is 0 Å². The van der Waals surface area contributed by atoms with Gasteiger partial charge in [-0.25, -0.2) is 0 Å². The largest absolute Gasteiger partial charge is 0.312 e. The van der Waals surface area contributed by atoms with Crippen LogP contribution in [0.15, 0.2) is 11.0 Å². The molecule has 5 heteroatoms. The van der Waals surface area contributed by atoms with E-state index in [0.29, 0.717) is 6.42 Å². The molecule has 0 aliphatic carbocycles. The van der Waals surface area contributed by atoms with Crippen LogP contribution in [0.5, 0.6) is 0 Å². The van der Waals surface area contributed by atoms with Crippen molar-refractivity contribution in [2.45, 2.75) is 6.42 Å². The Morgan fingerprint density at radius 2 is 2.30 bits per heavy atom. The van der Waals surface area contributed by atoms with Gasteiger partial charge in [0, 0.05) is 0 Å². The lowest BCUT2D eigenvalue weighted by Crippen LogP contribution is -2.07. The summed E-state index contributed by atoms with van der Waals surface area (Å²) in [7, 11) is -4.03. The topological polar surface area (TPSA) is 68.5 Å². The Morgan fingerprint density at radius 1 is 1.60 bits per heavy atom. The average molecular weight is 160 g/mol. The van der Waals surface area contributed by atoms with Crippen LogP contribution < -0.4 is 4.67 Å². The van der Waals surface area contributed by atoms with Gasteiger partial charge in [0.2, 0.25) is 0 Å². The summed E-state index contributed by atoms with van der Waals surface area (Å²) in [5, 5.41) is 0. The molecule has 0 saturated heterocycles. The van der Waals surface area contributed by atoms with Gasteiger partial charge in [0.25, 0.3) is 6.21 Å². The van der Waals surface area contributed by atoms with Gasteiger partial charge in [-0.3, -0.25) is 4.55 Å². The molecule has 0 unspecified atom stereocenters. The van der Waals surface area contributed by atoms with Gasteiger partial charge in [0.1, 0.15) is 0 Å². The predicted octanol–water partition coefficient (Wildman–Crippen LogP) is -0.629. The van der Waals surface area contributed by atoms with Gasteiger partial charge in [-0.15, -0.1) is 4.67 Å². The first-order valence-corrected chi connectivity index (χ1v) is 4.07. The first-order valence-electron chi connectivity index (χ1n) is 2.63. The van der Waals surface area contributed by atoms with E-state index in [1.165, 1.54) is 6.08 Å². The molecule has 0 saturated carbocycles. The second-order valence-corrected chi connectivity index (χ2v) is 3.20. The van der Waals surface area contributed by atoms with E-state index in [4.69, 9.17) is 4.55 Å². The lowest BCUT2D eigenvalue weighted by atomic mass is 10.4. The maximum atomic E-state index is 10.4. The lowest BCUT2D eigenvalue weighted by Gasteiger charge is -1.89. The van der Waals surface area contributed by atoms with E-state index in [9.17, 15) is 8.42 Å². The quantitative estimate of drug-likeness (QED) is 0.410. The fourth-order valence-electron chi connectivity index (χ4n) is 0.581. The van der Waals surface area contributed by atoms with Crippen molar-refractivity contribution in [3.63, 3.8) is 0 Å². The van der Waals surface area contributed by atoms with Crippen molar-refractivity contribution in [2.75, 3.05) is 0 Å². The van der Waals surface area contributed by atoms with Crippen LogP contribution in [0.25, 0.3) is 0 Å². The van der Waals surface area contributed by atoms with Crippen molar-refractivity contribution in [1.82, 2.24) is 4.67 Å². The minimum atomic E-state index is -4.03. The zero-order chi connectivity index (χ0) is 7.61. The molecule has 0 atom stereocenters. The number of hydrogen-bond acceptors (Lipinski definition) is 2. The van der Waals surface area contributed by atoms with Crippen LogP contribution in [0.2, 0.25) is 0 Å². The highest BCUT2D eigenvalue weighted by Crippen LogP contribution is 2.01. The van der Waals surface area contributed by atoms with Crippen LogP contribution in [0.3, 0.4) is 0 Å². The maximum absolute atomic E-state index is 10.4. The highest BCUT2D eigenvalue weighted by Gasteiger charge is 2.16. The molecular formula is C5H6NO3S+. The minimum Gasteiger partial charge on any atom is -0.282 e. The Morgan fingerprint density at radius 3 is 2.60 bits per heavy atom. The predicted molar refractivity (Wildman–Crippen MR) is 38.5 cm³/mol. The van der Waals surface area contributed by atoms with Gasteiger partial charge in [0.15, 0.2) is 4.91 Å². The lowest BCUT2D eigenvalue weighted by molar-refractivity contribution is 0.493. The summed E-state index contributed by atoms with van der Waals surface area (Å²) in [4.78, 5) is -0.130. The summed E-state index contributed by atoms with van der Waals surface area (Å²) in [6.07, 6.45) is 4.50. The molecule has 0 radical (unpaired) electrons. The van der Waals surface area contributed by atoms with Gasteiger partial charge >= 0.3 is 16.3 Å². The van der Waals surface area contributed by atoms with Crippen LogP contribution >= 0.6 is 0 Å². The molecule has 0 aromatic heterocycles. The molecule has 0 aromatic rings. The number of nitrogens with zero attached hydrogens (tertiary/aromatic N) is 1. The Bertz CT molecular complexity index is 319. The van der Waals surface area contributed by atoms with Crippen LogP contribution in [-0.2, 0) is 10.1 Å². The molecule has 1 rings (SSSR count). The summed E-state index contributed by atoms with van der Waals surface area (Å²) in [6, 6.07) is 0. The Balaban J connectivity index is 3.08. The average Bonchev–Trinajstić information content (AvgIpc) is 1.88. The zero-order valence-corrected chi connectivity index (χ0v) is 5.87. The molecule has 10 heavy (non-hydrogen) atoms. The zero-order valence-electron chi connectivity index (χ0n) is 5.06. The van der Waals surface area contributed by atoms with Gasteiger partial charge in [-0.05, 0) is 6.08 Å². The molecule has 0 aromatic carbocycles. The molecule has 0 bridgehead atoms. The van der Waals surface area contributed by atoms with Crippen molar-refractivity contribution >= 4 is 22.5 Å². The summed E-state index contributed by atoms with van der Waals surface area (Å²) < 4.78 is 32.7. The van der Waals surface area contributed by atoms with Crippen LogP contribution in [0, 0.1) is 0 Å². The van der Waals surface area contributed by atoms with E-state index in [-0.39, 0.29) is 4.91 Å². The number of hydrogen-bond donors (Lipinski definition) is 1. The second-order valence-electron chi connectivity index (χ2n) is 1.78. The third-order valence-electron chi connectivity index (χ3n) is 1.03. The summed E-state index contributed by atoms with van der Waals surface area (Å²) in [6.45, 7) is 0. The van der Waals surface area contributed by atoms with Gasteiger partial charge < -0.3 is 0 Å². The normalized spacial score (nSPS) is 17.1. The molecule has 1 N–H and O–H groups in total. The summed E-state index contributed by atoms with van der Waals surface area (Å²) >= 11 is 0. The fraction of sp³-hybridized carbons (Fsp3) is 0.200. The first kappa shape index (κ1) is 7.21. The van der Waals surface area contributed by atoms with Crippen molar-refractivity contribution in [3.8, 4) is 0 Å². The molecule has 1 aliphatic heterocycles. The standard InChI is InChI=1S/C5H5NO3S/c7-10(8,9)5-2-1-3-6-4-5/h2-4H,1H2/p+1. The molecular weight excluding hydrogens is 154 g/mol. The summed E-state index contributed by atoms with van der Waals surface area (Å²) in [5.41, 5.74) is 0. The van der Waals surface area contributed by atoms with Crippen molar-refractivity contribution < 1.29 is 13.0 Å². The van der Waals surface area contributed by atoms with E-state index in [1.54, 1.807) is 6.21 Å². The molecule has 1 heterocycles. The third-order valence-corrected chi connectivity index (χ3v) is 1.90. The van der Waals surface area contributed by atoms with Gasteiger partial charge in [-0.1, -0.05) is 0 Å². The second kappa shape index (κ2) is 2.38. The Labute approximate surface area is 58.4 Å².